The van der Waals surface area contributed by atoms with Gasteiger partial charge in [0.2, 0.25) is 5.72 Å². The van der Waals surface area contributed by atoms with Crippen LogP contribution in [0.15, 0.2) is 58.3 Å². The van der Waals surface area contributed by atoms with E-state index in [9.17, 15) is 14.0 Å². The van der Waals surface area contributed by atoms with Crippen LogP contribution in [0.25, 0.3) is 6.08 Å². The van der Waals surface area contributed by atoms with Crippen molar-refractivity contribution < 1.29 is 18.7 Å². The second kappa shape index (κ2) is 6.63. The molecule has 152 valence electrons. The first-order chi connectivity index (χ1) is 14.4. The topological polar surface area (TPSA) is 69.9 Å². The lowest BCUT2D eigenvalue weighted by molar-refractivity contribution is -0.158. The van der Waals surface area contributed by atoms with Crippen molar-refractivity contribution in [1.29, 1.82) is 0 Å². The molecule has 0 saturated carbocycles. The van der Waals surface area contributed by atoms with Gasteiger partial charge in [-0.15, -0.1) is 0 Å². The first-order valence-electron chi connectivity index (χ1n) is 9.36. The highest BCUT2D eigenvalue weighted by Gasteiger charge is 2.55. The normalized spacial score (nSPS) is 24.3. The van der Waals surface area contributed by atoms with Crippen LogP contribution < -0.4 is 19.6 Å². The molecule has 0 N–H and O–H groups in total. The highest BCUT2D eigenvalue weighted by molar-refractivity contribution is 7.07. The second-order valence-electron chi connectivity index (χ2n) is 7.34. The number of esters is 1. The van der Waals surface area contributed by atoms with E-state index in [1.165, 1.54) is 23.8 Å². The molecule has 6 nitrogen and oxygen atoms in total. The first-order valence-corrected chi connectivity index (χ1v) is 10.2. The number of aromatic nitrogens is 1. The molecule has 1 aromatic heterocycles. The van der Waals surface area contributed by atoms with Gasteiger partial charge in [-0.1, -0.05) is 47.7 Å². The lowest BCUT2D eigenvalue weighted by atomic mass is 9.81. The summed E-state index contributed by atoms with van der Waals surface area (Å²) >= 11 is 1.15. The van der Waals surface area contributed by atoms with Gasteiger partial charge in [-0.3, -0.25) is 14.2 Å². The van der Waals surface area contributed by atoms with E-state index in [-0.39, 0.29) is 5.56 Å². The van der Waals surface area contributed by atoms with E-state index in [0.29, 0.717) is 26.2 Å². The van der Waals surface area contributed by atoms with Crippen LogP contribution in [0.3, 0.4) is 0 Å². The number of ether oxygens (including phenoxy) is 2. The Morgan fingerprint density at radius 1 is 1.27 bits per heavy atom. The molecule has 3 heterocycles. The van der Waals surface area contributed by atoms with Gasteiger partial charge in [0.25, 0.3) is 5.56 Å². The van der Waals surface area contributed by atoms with Gasteiger partial charge in [-0.25, -0.2) is 9.38 Å². The van der Waals surface area contributed by atoms with Crippen LogP contribution >= 0.6 is 11.3 Å². The maximum absolute atomic E-state index is 14.1. The first kappa shape index (κ1) is 18.7. The van der Waals surface area contributed by atoms with E-state index < -0.39 is 29.5 Å². The van der Waals surface area contributed by atoms with E-state index >= 15 is 0 Å². The van der Waals surface area contributed by atoms with Crippen LogP contribution in [0, 0.1) is 11.7 Å². The molecule has 0 amide bonds. The molecule has 30 heavy (non-hydrogen) atoms. The smallest absolute Gasteiger partial charge is 0.317 e. The zero-order chi connectivity index (χ0) is 21.0. The quantitative estimate of drug-likeness (QED) is 0.590. The van der Waals surface area contributed by atoms with E-state index in [4.69, 9.17) is 9.47 Å². The number of para-hydroxylation sites is 1. The Bertz CT molecular complexity index is 1360. The molecule has 2 aliphatic heterocycles. The Labute approximate surface area is 174 Å². The highest BCUT2D eigenvalue weighted by atomic mass is 32.1. The number of methoxy groups -OCH3 is 1. The van der Waals surface area contributed by atoms with Crippen LogP contribution in [-0.4, -0.2) is 23.4 Å². The number of thiazole rings is 1. The number of rotatable bonds is 2. The van der Waals surface area contributed by atoms with Crippen LogP contribution in [0.4, 0.5) is 4.39 Å². The molecule has 0 saturated heterocycles. The van der Waals surface area contributed by atoms with Gasteiger partial charge < -0.3 is 9.47 Å². The Morgan fingerprint density at radius 2 is 2.00 bits per heavy atom. The molecule has 3 unspecified atom stereocenters. The van der Waals surface area contributed by atoms with Crippen LogP contribution in [0.5, 0.6) is 5.75 Å². The average molecular weight is 424 g/mol. The van der Waals surface area contributed by atoms with Gasteiger partial charge in [0.05, 0.1) is 17.7 Å². The third-order valence-corrected chi connectivity index (χ3v) is 6.51. The number of carbonyl (C=O) groups excluding carboxylic acids is 1. The second-order valence-corrected chi connectivity index (χ2v) is 8.35. The lowest BCUT2D eigenvalue weighted by Gasteiger charge is -2.44. The molecule has 2 aliphatic rings. The summed E-state index contributed by atoms with van der Waals surface area (Å²) in [5, 5.41) is 0. The zero-order valence-corrected chi connectivity index (χ0v) is 17.0. The van der Waals surface area contributed by atoms with Crippen molar-refractivity contribution >= 4 is 23.4 Å². The molecular weight excluding hydrogens is 407 g/mol. The number of carbonyl (C=O) groups is 1. The molecule has 0 aliphatic carbocycles. The molecule has 0 radical (unpaired) electrons. The number of hydrogen-bond donors (Lipinski definition) is 0. The fourth-order valence-corrected chi connectivity index (χ4v) is 5.25. The zero-order valence-electron chi connectivity index (χ0n) is 16.2. The van der Waals surface area contributed by atoms with E-state index in [2.05, 4.69) is 4.99 Å². The highest BCUT2D eigenvalue weighted by Crippen LogP contribution is 2.47. The van der Waals surface area contributed by atoms with Gasteiger partial charge in [0.1, 0.15) is 17.5 Å². The summed E-state index contributed by atoms with van der Waals surface area (Å²) in [7, 11) is 1.30. The molecule has 0 fully saturated rings. The molecule has 2 aromatic carbocycles. The predicted octanol–water partition coefficient (Wildman–Crippen LogP) is 2.00. The number of nitrogens with zero attached hydrogens (tertiary/aromatic N) is 2. The number of hydrogen-bond acceptors (Lipinski definition) is 6. The van der Waals surface area contributed by atoms with Gasteiger partial charge in [-0.2, -0.15) is 0 Å². The molecule has 2 bridgehead atoms. The molecule has 0 spiro atoms. The minimum Gasteiger partial charge on any atom is -0.469 e. The molecular formula is C22H17FN2O4S. The molecule has 3 aromatic rings. The van der Waals surface area contributed by atoms with Crippen molar-refractivity contribution in [3.05, 3.63) is 85.2 Å². The maximum atomic E-state index is 14.1. The third kappa shape index (κ3) is 2.64. The summed E-state index contributed by atoms with van der Waals surface area (Å²) in [4.78, 5) is 31.2. The van der Waals surface area contributed by atoms with Crippen molar-refractivity contribution in [2.75, 3.05) is 7.11 Å². The largest absolute Gasteiger partial charge is 0.469 e. The van der Waals surface area contributed by atoms with Crippen LogP contribution in [0.2, 0.25) is 0 Å². The molecule has 8 heteroatoms. The van der Waals surface area contributed by atoms with Crippen molar-refractivity contribution in [2.45, 2.75) is 18.7 Å². The summed E-state index contributed by atoms with van der Waals surface area (Å²) < 4.78 is 27.1. The van der Waals surface area contributed by atoms with Gasteiger partial charge in [0.15, 0.2) is 4.80 Å². The maximum Gasteiger partial charge on any atom is 0.317 e. The van der Waals surface area contributed by atoms with Crippen molar-refractivity contribution in [3.8, 4) is 5.75 Å². The van der Waals surface area contributed by atoms with Crippen LogP contribution in [0.1, 0.15) is 24.1 Å². The third-order valence-electron chi connectivity index (χ3n) is 5.53. The summed E-state index contributed by atoms with van der Waals surface area (Å²) in [5.74, 6) is -1.20. The fraction of sp³-hybridized carbons (Fsp3) is 0.227. The summed E-state index contributed by atoms with van der Waals surface area (Å²) in [6.45, 7) is 1.71. The summed E-state index contributed by atoms with van der Waals surface area (Å²) in [5.41, 5.74) is -0.541. The number of halogens is 1. The Morgan fingerprint density at radius 3 is 2.77 bits per heavy atom. The van der Waals surface area contributed by atoms with E-state index in [1.54, 1.807) is 31.2 Å². The summed E-state index contributed by atoms with van der Waals surface area (Å²) in [6.07, 6.45) is 1.51. The van der Waals surface area contributed by atoms with Gasteiger partial charge in [0, 0.05) is 11.1 Å². The van der Waals surface area contributed by atoms with E-state index in [1.807, 2.05) is 18.2 Å². The Hall–Kier alpha value is -3.26. The van der Waals surface area contributed by atoms with Crippen molar-refractivity contribution in [2.24, 2.45) is 10.9 Å². The Kier molecular flexibility index (Phi) is 4.14. The van der Waals surface area contributed by atoms with Crippen LogP contribution in [-0.2, 0) is 9.53 Å². The Balaban J connectivity index is 1.81. The van der Waals surface area contributed by atoms with Crippen molar-refractivity contribution in [3.63, 3.8) is 0 Å². The number of benzene rings is 2. The average Bonchev–Trinajstić information content (AvgIpc) is 3.02. The SMILES string of the molecule is COC(=O)C1C2c3ccccc3OC1(C)N=c1sc(=Cc3ccccc3F)c(=O)n12. The van der Waals surface area contributed by atoms with Crippen molar-refractivity contribution in [1.82, 2.24) is 4.57 Å². The standard InChI is InChI=1S/C22H17FN2O4S/c1-22-17(20(27)28-2)18(13-8-4-6-10-15(13)29-22)25-19(26)16(30-21(25)24-22)11-12-7-3-5-9-14(12)23/h3-11,17-18H,1-2H3. The molecule has 3 atom stereocenters. The minimum absolute atomic E-state index is 0.309. The fourth-order valence-electron chi connectivity index (χ4n) is 4.16. The summed E-state index contributed by atoms with van der Waals surface area (Å²) in [6, 6.07) is 12.9. The van der Waals surface area contributed by atoms with E-state index in [0.717, 1.165) is 11.3 Å². The predicted molar refractivity (Wildman–Crippen MR) is 108 cm³/mol. The van der Waals surface area contributed by atoms with Gasteiger partial charge >= 0.3 is 5.97 Å². The molecule has 5 rings (SSSR count). The number of fused-ring (bicyclic) bond motifs is 6. The minimum atomic E-state index is -1.22. The monoisotopic (exact) mass is 424 g/mol. The lowest BCUT2D eigenvalue weighted by Crippen LogP contribution is -2.58. The van der Waals surface area contributed by atoms with Gasteiger partial charge in [-0.05, 0) is 25.1 Å².